The first-order chi connectivity index (χ1) is 5.75. The number of benzene rings is 1. The van der Waals surface area contributed by atoms with Gasteiger partial charge >= 0.3 is 0 Å². The van der Waals surface area contributed by atoms with Crippen LogP contribution in [-0.4, -0.2) is 13.0 Å². The molecule has 0 bridgehead atoms. The van der Waals surface area contributed by atoms with Crippen molar-refractivity contribution in [2.75, 3.05) is 7.05 Å². The van der Waals surface area contributed by atoms with Crippen LogP contribution in [-0.2, 0) is 0 Å². The van der Waals surface area contributed by atoms with Crippen molar-refractivity contribution < 1.29 is 4.79 Å². The van der Waals surface area contributed by atoms with E-state index in [2.05, 4.69) is 4.72 Å². The molecule has 0 saturated heterocycles. The second-order valence-electron chi connectivity index (χ2n) is 2.17. The highest BCUT2D eigenvalue weighted by Gasteiger charge is 2.05. The fraction of sp³-hybridized carbons (Fsp3) is 0.125. The van der Waals surface area contributed by atoms with E-state index in [1.54, 1.807) is 19.2 Å². The van der Waals surface area contributed by atoms with Crippen LogP contribution in [0.5, 0.6) is 0 Å². The molecule has 0 aliphatic rings. The predicted molar refractivity (Wildman–Crippen MR) is 49.9 cm³/mol. The third-order valence-corrected chi connectivity index (χ3v) is 2.14. The van der Waals surface area contributed by atoms with Gasteiger partial charge in [0.1, 0.15) is 0 Å². The van der Waals surface area contributed by atoms with Gasteiger partial charge in [-0.05, 0) is 31.1 Å². The van der Waals surface area contributed by atoms with E-state index in [0.717, 1.165) is 4.90 Å². The van der Waals surface area contributed by atoms with Gasteiger partial charge in [-0.25, -0.2) is 0 Å². The maximum atomic E-state index is 10.9. The van der Waals surface area contributed by atoms with Gasteiger partial charge in [0, 0.05) is 4.90 Å². The highest BCUT2D eigenvalue weighted by Crippen LogP contribution is 2.18. The molecule has 64 valence electrons. The van der Waals surface area contributed by atoms with Gasteiger partial charge in [0.2, 0.25) is 5.91 Å². The number of nitrogens with two attached hydrogens (primary N) is 1. The van der Waals surface area contributed by atoms with Crippen LogP contribution in [0.3, 0.4) is 0 Å². The number of amides is 1. The summed E-state index contributed by atoms with van der Waals surface area (Å²) in [5, 5.41) is 0. The first-order valence-corrected chi connectivity index (χ1v) is 4.29. The fourth-order valence-corrected chi connectivity index (χ4v) is 1.51. The van der Waals surface area contributed by atoms with Gasteiger partial charge in [-0.1, -0.05) is 12.1 Å². The molecule has 3 N–H and O–H groups in total. The van der Waals surface area contributed by atoms with Gasteiger partial charge in [-0.15, -0.1) is 0 Å². The molecule has 1 amide bonds. The Morgan fingerprint density at radius 2 is 2.17 bits per heavy atom. The molecular weight excluding hydrogens is 172 g/mol. The minimum absolute atomic E-state index is 0.395. The predicted octanol–water partition coefficient (Wildman–Crippen LogP) is 1.01. The highest BCUT2D eigenvalue weighted by atomic mass is 32.2. The van der Waals surface area contributed by atoms with Crippen molar-refractivity contribution in [2.45, 2.75) is 4.90 Å². The number of rotatable bonds is 3. The molecule has 3 nitrogen and oxygen atoms in total. The van der Waals surface area contributed by atoms with Crippen molar-refractivity contribution in [1.29, 1.82) is 0 Å². The summed E-state index contributed by atoms with van der Waals surface area (Å²) in [4.78, 5) is 11.7. The average Bonchev–Trinajstić information content (AvgIpc) is 2.05. The van der Waals surface area contributed by atoms with E-state index in [1.807, 2.05) is 12.1 Å². The third kappa shape index (κ3) is 1.99. The van der Waals surface area contributed by atoms with E-state index in [-0.39, 0.29) is 0 Å². The van der Waals surface area contributed by atoms with E-state index in [4.69, 9.17) is 5.73 Å². The maximum Gasteiger partial charge on any atom is 0.249 e. The molecule has 1 aromatic rings. The molecule has 0 fully saturated rings. The number of carbonyl (C=O) groups excluding carboxylic acids is 1. The number of carbonyl (C=O) groups is 1. The quantitative estimate of drug-likeness (QED) is 0.686. The molecule has 0 heterocycles. The molecule has 1 aromatic carbocycles. The number of primary amides is 1. The molecular formula is C8H10N2OS. The normalized spacial score (nSPS) is 9.75. The lowest BCUT2D eigenvalue weighted by molar-refractivity contribution is 0.0997. The topological polar surface area (TPSA) is 55.1 Å². The Morgan fingerprint density at radius 3 is 2.75 bits per heavy atom. The van der Waals surface area contributed by atoms with Crippen LogP contribution in [0.1, 0.15) is 10.4 Å². The van der Waals surface area contributed by atoms with Crippen LogP contribution in [0.2, 0.25) is 0 Å². The zero-order chi connectivity index (χ0) is 8.97. The van der Waals surface area contributed by atoms with Crippen LogP contribution < -0.4 is 10.5 Å². The van der Waals surface area contributed by atoms with Crippen molar-refractivity contribution in [3.8, 4) is 0 Å². The Bertz CT molecular complexity index is 288. The molecule has 0 saturated carbocycles. The third-order valence-electron chi connectivity index (χ3n) is 1.36. The highest BCUT2D eigenvalue weighted by molar-refractivity contribution is 7.97. The van der Waals surface area contributed by atoms with Crippen LogP contribution in [0.25, 0.3) is 0 Å². The summed E-state index contributed by atoms with van der Waals surface area (Å²) in [6, 6.07) is 7.22. The first kappa shape index (κ1) is 9.09. The number of nitrogens with one attached hydrogen (secondary N) is 1. The minimum atomic E-state index is -0.395. The number of hydrogen-bond acceptors (Lipinski definition) is 3. The Labute approximate surface area is 75.5 Å². The van der Waals surface area contributed by atoms with Gasteiger partial charge in [0.05, 0.1) is 5.56 Å². The second kappa shape index (κ2) is 4.13. The maximum absolute atomic E-state index is 10.9. The van der Waals surface area contributed by atoms with E-state index >= 15 is 0 Å². The summed E-state index contributed by atoms with van der Waals surface area (Å²) >= 11 is 1.38. The van der Waals surface area contributed by atoms with E-state index in [0.29, 0.717) is 5.56 Å². The zero-order valence-corrected chi connectivity index (χ0v) is 7.52. The lowest BCUT2D eigenvalue weighted by Gasteiger charge is -2.03. The van der Waals surface area contributed by atoms with Gasteiger partial charge in [-0.3, -0.25) is 9.52 Å². The molecule has 1 rings (SSSR count). The van der Waals surface area contributed by atoms with Crippen LogP contribution in [0.15, 0.2) is 29.2 Å². The Balaban J connectivity index is 3.00. The molecule has 0 spiro atoms. The Morgan fingerprint density at radius 1 is 1.50 bits per heavy atom. The van der Waals surface area contributed by atoms with Crippen molar-refractivity contribution in [2.24, 2.45) is 5.73 Å². The first-order valence-electron chi connectivity index (χ1n) is 3.48. The summed E-state index contributed by atoms with van der Waals surface area (Å²) in [5.74, 6) is -0.395. The Kier molecular flexibility index (Phi) is 3.13. The van der Waals surface area contributed by atoms with Gasteiger partial charge in [0.15, 0.2) is 0 Å². The molecule has 0 aromatic heterocycles. The van der Waals surface area contributed by atoms with Crippen molar-refractivity contribution in [3.05, 3.63) is 29.8 Å². The largest absolute Gasteiger partial charge is 0.366 e. The number of hydrogen-bond donors (Lipinski definition) is 2. The van der Waals surface area contributed by atoms with Gasteiger partial charge in [0.25, 0.3) is 0 Å². The summed E-state index contributed by atoms with van der Waals surface area (Å²) < 4.78 is 2.89. The smallest absolute Gasteiger partial charge is 0.249 e. The molecule has 0 unspecified atom stereocenters. The van der Waals surface area contributed by atoms with Crippen LogP contribution in [0.4, 0.5) is 0 Å². The lowest BCUT2D eigenvalue weighted by Crippen LogP contribution is -2.12. The van der Waals surface area contributed by atoms with Crippen LogP contribution >= 0.6 is 11.9 Å². The second-order valence-corrected chi connectivity index (χ2v) is 3.22. The van der Waals surface area contributed by atoms with E-state index in [1.165, 1.54) is 11.9 Å². The Hall–Kier alpha value is -1.00. The molecule has 12 heavy (non-hydrogen) atoms. The van der Waals surface area contributed by atoms with E-state index < -0.39 is 5.91 Å². The standard InChI is InChI=1S/C8H10N2OS/c1-10-12-7-5-3-2-4-6(7)8(9)11/h2-5,10H,1H3,(H2,9,11). The molecule has 0 aliphatic carbocycles. The minimum Gasteiger partial charge on any atom is -0.366 e. The van der Waals surface area contributed by atoms with E-state index in [9.17, 15) is 4.79 Å². The summed E-state index contributed by atoms with van der Waals surface area (Å²) in [6.45, 7) is 0. The summed E-state index contributed by atoms with van der Waals surface area (Å²) in [5.41, 5.74) is 5.72. The monoisotopic (exact) mass is 182 g/mol. The summed E-state index contributed by atoms with van der Waals surface area (Å²) in [7, 11) is 1.79. The van der Waals surface area contributed by atoms with Crippen molar-refractivity contribution in [1.82, 2.24) is 4.72 Å². The van der Waals surface area contributed by atoms with Gasteiger partial charge < -0.3 is 5.73 Å². The molecule has 0 atom stereocenters. The van der Waals surface area contributed by atoms with Crippen molar-refractivity contribution in [3.63, 3.8) is 0 Å². The SMILES string of the molecule is CNSc1ccccc1C(N)=O. The molecule has 4 heteroatoms. The fourth-order valence-electron chi connectivity index (χ4n) is 0.869. The molecule has 0 radical (unpaired) electrons. The van der Waals surface area contributed by atoms with Crippen molar-refractivity contribution >= 4 is 17.9 Å². The lowest BCUT2D eigenvalue weighted by atomic mass is 10.2. The van der Waals surface area contributed by atoms with Crippen LogP contribution in [0, 0.1) is 0 Å². The van der Waals surface area contributed by atoms with Gasteiger partial charge in [-0.2, -0.15) is 0 Å². The molecule has 0 aliphatic heterocycles. The zero-order valence-electron chi connectivity index (χ0n) is 6.70. The summed E-state index contributed by atoms with van der Waals surface area (Å²) in [6.07, 6.45) is 0. The average molecular weight is 182 g/mol.